The van der Waals surface area contributed by atoms with Gasteiger partial charge in [-0.2, -0.15) is 0 Å². The van der Waals surface area contributed by atoms with Crippen LogP contribution in [0.4, 0.5) is 11.5 Å². The van der Waals surface area contributed by atoms with Crippen molar-refractivity contribution in [1.82, 2.24) is 9.97 Å². The fraction of sp³-hybridized carbons (Fsp3) is 0.292. The standard InChI is InChI=1S/C24H26N4O2/c1-30-21-12-10-20(11-13-21)28-24(29)18-7-5-6-17(14-18)22-15-23(26-16-25-22)27-19-8-3-2-4-9-19/h5-7,10-16,19H,2-4,8-9H2,1H3,(H,28,29)(H,25,26,27). The van der Waals surface area contributed by atoms with Gasteiger partial charge < -0.3 is 15.4 Å². The van der Waals surface area contributed by atoms with Crippen molar-refractivity contribution in [2.24, 2.45) is 0 Å². The Labute approximate surface area is 176 Å². The van der Waals surface area contributed by atoms with Crippen molar-refractivity contribution in [2.45, 2.75) is 38.1 Å². The molecule has 1 saturated carbocycles. The SMILES string of the molecule is COc1ccc(NC(=O)c2cccc(-c3cc(NC4CCCCC4)ncn3)c2)cc1. The minimum absolute atomic E-state index is 0.170. The summed E-state index contributed by atoms with van der Waals surface area (Å²) in [5.41, 5.74) is 2.96. The molecule has 1 amide bonds. The van der Waals surface area contributed by atoms with Gasteiger partial charge in [0.25, 0.3) is 5.91 Å². The summed E-state index contributed by atoms with van der Waals surface area (Å²) >= 11 is 0. The number of nitrogens with one attached hydrogen (secondary N) is 2. The highest BCUT2D eigenvalue weighted by Crippen LogP contribution is 2.24. The highest BCUT2D eigenvalue weighted by molar-refractivity contribution is 6.04. The lowest BCUT2D eigenvalue weighted by atomic mass is 9.95. The molecule has 4 rings (SSSR count). The van der Waals surface area contributed by atoms with E-state index in [9.17, 15) is 4.79 Å². The average molecular weight is 402 g/mol. The predicted octanol–water partition coefficient (Wildman–Crippen LogP) is 5.15. The molecule has 0 spiro atoms. The number of rotatable bonds is 6. The second kappa shape index (κ2) is 9.39. The molecule has 1 fully saturated rings. The van der Waals surface area contributed by atoms with Crippen LogP contribution >= 0.6 is 0 Å². The third-order valence-electron chi connectivity index (χ3n) is 5.39. The van der Waals surface area contributed by atoms with E-state index in [4.69, 9.17) is 4.74 Å². The van der Waals surface area contributed by atoms with E-state index in [0.29, 0.717) is 17.3 Å². The molecule has 6 nitrogen and oxygen atoms in total. The fourth-order valence-corrected chi connectivity index (χ4v) is 3.75. The Balaban J connectivity index is 1.48. The van der Waals surface area contributed by atoms with Gasteiger partial charge in [-0.1, -0.05) is 31.4 Å². The Morgan fingerprint density at radius 3 is 2.57 bits per heavy atom. The Morgan fingerprint density at radius 1 is 1.00 bits per heavy atom. The van der Waals surface area contributed by atoms with Gasteiger partial charge in [-0.05, 0) is 49.2 Å². The molecular formula is C24H26N4O2. The van der Waals surface area contributed by atoms with Crippen molar-refractivity contribution in [3.63, 3.8) is 0 Å². The van der Waals surface area contributed by atoms with Gasteiger partial charge in [0, 0.05) is 28.9 Å². The van der Waals surface area contributed by atoms with Crippen LogP contribution in [0.25, 0.3) is 11.3 Å². The smallest absolute Gasteiger partial charge is 0.255 e. The van der Waals surface area contributed by atoms with Crippen LogP contribution < -0.4 is 15.4 Å². The van der Waals surface area contributed by atoms with Crippen molar-refractivity contribution >= 4 is 17.4 Å². The molecule has 0 radical (unpaired) electrons. The number of hydrogen-bond acceptors (Lipinski definition) is 5. The van der Waals surface area contributed by atoms with Crippen molar-refractivity contribution in [3.05, 3.63) is 66.5 Å². The van der Waals surface area contributed by atoms with Gasteiger partial charge >= 0.3 is 0 Å². The zero-order valence-corrected chi connectivity index (χ0v) is 17.1. The zero-order chi connectivity index (χ0) is 20.8. The monoisotopic (exact) mass is 402 g/mol. The molecule has 0 saturated heterocycles. The molecule has 1 aliphatic carbocycles. The fourth-order valence-electron chi connectivity index (χ4n) is 3.75. The normalized spacial score (nSPS) is 14.2. The van der Waals surface area contributed by atoms with E-state index in [2.05, 4.69) is 20.6 Å². The molecule has 0 unspecified atom stereocenters. The first-order valence-corrected chi connectivity index (χ1v) is 10.4. The van der Waals surface area contributed by atoms with Gasteiger partial charge in [0.2, 0.25) is 0 Å². The average Bonchev–Trinajstić information content (AvgIpc) is 2.80. The number of hydrogen-bond donors (Lipinski definition) is 2. The third-order valence-corrected chi connectivity index (χ3v) is 5.39. The zero-order valence-electron chi connectivity index (χ0n) is 17.1. The highest BCUT2D eigenvalue weighted by Gasteiger charge is 2.14. The Morgan fingerprint density at radius 2 is 1.80 bits per heavy atom. The molecule has 2 aromatic carbocycles. The van der Waals surface area contributed by atoms with E-state index in [1.807, 2.05) is 48.5 Å². The van der Waals surface area contributed by atoms with Crippen molar-refractivity contribution in [2.75, 3.05) is 17.7 Å². The summed E-state index contributed by atoms with van der Waals surface area (Å²) in [6.07, 6.45) is 7.78. The number of carbonyl (C=O) groups is 1. The minimum Gasteiger partial charge on any atom is -0.497 e. The molecule has 154 valence electrons. The summed E-state index contributed by atoms with van der Waals surface area (Å²) in [5.74, 6) is 1.41. The highest BCUT2D eigenvalue weighted by atomic mass is 16.5. The maximum atomic E-state index is 12.7. The van der Waals surface area contributed by atoms with E-state index in [0.717, 1.165) is 22.8 Å². The van der Waals surface area contributed by atoms with E-state index in [1.54, 1.807) is 19.5 Å². The summed E-state index contributed by atoms with van der Waals surface area (Å²) in [5, 5.41) is 6.44. The molecule has 30 heavy (non-hydrogen) atoms. The van der Waals surface area contributed by atoms with Gasteiger partial charge in [0.05, 0.1) is 12.8 Å². The number of methoxy groups -OCH3 is 1. The Kier molecular flexibility index (Phi) is 6.23. The van der Waals surface area contributed by atoms with Crippen molar-refractivity contribution in [3.8, 4) is 17.0 Å². The molecule has 0 bridgehead atoms. The van der Waals surface area contributed by atoms with Gasteiger partial charge in [0.1, 0.15) is 17.9 Å². The van der Waals surface area contributed by atoms with Crippen LogP contribution in [0.2, 0.25) is 0 Å². The van der Waals surface area contributed by atoms with Gasteiger partial charge in [-0.15, -0.1) is 0 Å². The number of carbonyl (C=O) groups excluding carboxylic acids is 1. The molecule has 3 aromatic rings. The maximum absolute atomic E-state index is 12.7. The van der Waals surface area contributed by atoms with Gasteiger partial charge in [-0.3, -0.25) is 4.79 Å². The van der Waals surface area contributed by atoms with Crippen LogP contribution in [0, 0.1) is 0 Å². The lowest BCUT2D eigenvalue weighted by Gasteiger charge is -2.23. The maximum Gasteiger partial charge on any atom is 0.255 e. The number of benzene rings is 2. The predicted molar refractivity (Wildman–Crippen MR) is 119 cm³/mol. The number of anilines is 2. The second-order valence-corrected chi connectivity index (χ2v) is 7.53. The van der Waals surface area contributed by atoms with Gasteiger partial charge in [-0.25, -0.2) is 9.97 Å². The summed E-state index contributed by atoms with van der Waals surface area (Å²) in [6, 6.07) is 17.2. The first kappa shape index (κ1) is 19.9. The lowest BCUT2D eigenvalue weighted by molar-refractivity contribution is 0.102. The third kappa shape index (κ3) is 4.95. The molecule has 1 aromatic heterocycles. The first-order valence-electron chi connectivity index (χ1n) is 10.4. The first-order chi connectivity index (χ1) is 14.7. The van der Waals surface area contributed by atoms with Crippen LogP contribution in [0.15, 0.2) is 60.9 Å². The van der Waals surface area contributed by atoms with Crippen LogP contribution in [0.5, 0.6) is 5.75 Å². The molecule has 0 aliphatic heterocycles. The quantitative estimate of drug-likeness (QED) is 0.596. The molecular weight excluding hydrogens is 376 g/mol. The lowest BCUT2D eigenvalue weighted by Crippen LogP contribution is -2.22. The summed E-state index contributed by atoms with van der Waals surface area (Å²) in [4.78, 5) is 21.5. The number of amides is 1. The van der Waals surface area contributed by atoms with Crippen LogP contribution in [-0.2, 0) is 0 Å². The number of ether oxygens (including phenoxy) is 1. The molecule has 1 aliphatic rings. The second-order valence-electron chi connectivity index (χ2n) is 7.53. The molecule has 2 N–H and O–H groups in total. The number of nitrogens with zero attached hydrogens (tertiary/aromatic N) is 2. The Hall–Kier alpha value is -3.41. The summed E-state index contributed by atoms with van der Waals surface area (Å²) in [6.45, 7) is 0. The minimum atomic E-state index is -0.170. The van der Waals surface area contributed by atoms with E-state index in [1.165, 1.54) is 32.1 Å². The van der Waals surface area contributed by atoms with Gasteiger partial charge in [0.15, 0.2) is 0 Å². The van der Waals surface area contributed by atoms with Crippen molar-refractivity contribution in [1.29, 1.82) is 0 Å². The van der Waals surface area contributed by atoms with Crippen LogP contribution in [0.1, 0.15) is 42.5 Å². The van der Waals surface area contributed by atoms with E-state index >= 15 is 0 Å². The Bertz CT molecular complexity index is 998. The molecule has 0 atom stereocenters. The van der Waals surface area contributed by atoms with E-state index in [-0.39, 0.29) is 5.91 Å². The molecule has 6 heteroatoms. The molecule has 1 heterocycles. The van der Waals surface area contributed by atoms with Crippen molar-refractivity contribution < 1.29 is 9.53 Å². The topological polar surface area (TPSA) is 76.1 Å². The van der Waals surface area contributed by atoms with Crippen LogP contribution in [0.3, 0.4) is 0 Å². The largest absolute Gasteiger partial charge is 0.497 e. The van der Waals surface area contributed by atoms with E-state index < -0.39 is 0 Å². The number of aromatic nitrogens is 2. The summed E-state index contributed by atoms with van der Waals surface area (Å²) in [7, 11) is 1.61. The van der Waals surface area contributed by atoms with Crippen LogP contribution in [-0.4, -0.2) is 29.0 Å². The summed E-state index contributed by atoms with van der Waals surface area (Å²) < 4.78 is 5.15.